The van der Waals surface area contributed by atoms with Gasteiger partial charge in [-0.25, -0.2) is 23.4 Å². The molecule has 2 fully saturated rings. The van der Waals surface area contributed by atoms with Crippen molar-refractivity contribution in [1.82, 2.24) is 23.8 Å². The molecule has 0 atom stereocenters. The summed E-state index contributed by atoms with van der Waals surface area (Å²) >= 11 is 0. The second kappa shape index (κ2) is 8.74. The van der Waals surface area contributed by atoms with Crippen LogP contribution in [0.5, 0.6) is 0 Å². The zero-order valence-corrected chi connectivity index (χ0v) is 18.8. The second-order valence-corrected chi connectivity index (χ2v) is 9.66. The Morgan fingerprint density at radius 3 is 2.28 bits per heavy atom. The van der Waals surface area contributed by atoms with Crippen molar-refractivity contribution in [3.63, 3.8) is 0 Å². The van der Waals surface area contributed by atoms with E-state index in [2.05, 4.69) is 14.9 Å². The van der Waals surface area contributed by atoms with Gasteiger partial charge in [0, 0.05) is 45.1 Å². The molecule has 2 saturated heterocycles. The van der Waals surface area contributed by atoms with Crippen molar-refractivity contribution in [1.29, 1.82) is 0 Å². The molecule has 0 N–H and O–H groups in total. The van der Waals surface area contributed by atoms with E-state index < -0.39 is 10.0 Å². The van der Waals surface area contributed by atoms with Gasteiger partial charge in [-0.3, -0.25) is 0 Å². The van der Waals surface area contributed by atoms with Gasteiger partial charge in [0.25, 0.3) is 0 Å². The van der Waals surface area contributed by atoms with E-state index in [0.717, 1.165) is 30.0 Å². The van der Waals surface area contributed by atoms with Gasteiger partial charge in [-0.2, -0.15) is 4.31 Å². The molecule has 2 aliphatic rings. The van der Waals surface area contributed by atoms with Gasteiger partial charge in [-0.1, -0.05) is 0 Å². The van der Waals surface area contributed by atoms with Crippen molar-refractivity contribution in [2.24, 2.45) is 0 Å². The van der Waals surface area contributed by atoms with Crippen LogP contribution in [0.1, 0.15) is 6.92 Å². The van der Waals surface area contributed by atoms with Crippen molar-refractivity contribution < 1.29 is 17.9 Å². The van der Waals surface area contributed by atoms with E-state index in [1.54, 1.807) is 24.5 Å². The predicted molar refractivity (Wildman–Crippen MR) is 119 cm³/mol. The zero-order chi connectivity index (χ0) is 22.1. The molecule has 4 heterocycles. The first-order valence-electron chi connectivity index (χ1n) is 10.8. The third kappa shape index (κ3) is 3.85. The molecule has 2 aliphatic heterocycles. The number of morpholine rings is 2. The summed E-state index contributed by atoms with van der Waals surface area (Å²) in [7, 11) is -3.58. The summed E-state index contributed by atoms with van der Waals surface area (Å²) in [6.07, 6.45) is 3.55. The third-order valence-corrected chi connectivity index (χ3v) is 7.73. The first-order valence-corrected chi connectivity index (χ1v) is 12.3. The van der Waals surface area contributed by atoms with E-state index in [1.165, 1.54) is 4.31 Å². The number of ether oxygens (including phenoxy) is 2. The van der Waals surface area contributed by atoms with E-state index in [9.17, 15) is 8.42 Å². The fourth-order valence-electron chi connectivity index (χ4n) is 4.11. The Morgan fingerprint density at radius 2 is 1.62 bits per heavy atom. The lowest BCUT2D eigenvalue weighted by Gasteiger charge is -2.26. The molecule has 0 bridgehead atoms. The largest absolute Gasteiger partial charge is 0.379 e. The molecular weight excluding hydrogens is 432 g/mol. The molecule has 0 aliphatic carbocycles. The molecule has 0 radical (unpaired) electrons. The average molecular weight is 459 g/mol. The van der Waals surface area contributed by atoms with E-state index in [0.29, 0.717) is 57.5 Å². The normalized spacial score (nSPS) is 18.3. The van der Waals surface area contributed by atoms with Gasteiger partial charge in [-0.15, -0.1) is 0 Å². The number of imidazole rings is 1. The smallest absolute Gasteiger partial charge is 0.243 e. The second-order valence-electron chi connectivity index (χ2n) is 7.72. The van der Waals surface area contributed by atoms with Crippen LogP contribution in [0.2, 0.25) is 0 Å². The van der Waals surface area contributed by atoms with Gasteiger partial charge in [0.2, 0.25) is 16.0 Å². The van der Waals surface area contributed by atoms with Crippen LogP contribution >= 0.6 is 0 Å². The number of hydrogen-bond acceptors (Lipinski definition) is 8. The summed E-state index contributed by atoms with van der Waals surface area (Å²) in [5.74, 6) is 1.40. The number of rotatable bonds is 5. The third-order valence-electron chi connectivity index (χ3n) is 5.83. The Labute approximate surface area is 186 Å². The van der Waals surface area contributed by atoms with Crippen LogP contribution in [0.25, 0.3) is 22.4 Å². The van der Waals surface area contributed by atoms with Crippen LogP contribution in [0.4, 0.5) is 5.95 Å². The lowest BCUT2D eigenvalue weighted by atomic mass is 10.3. The zero-order valence-electron chi connectivity index (χ0n) is 18.0. The molecule has 3 aromatic rings. The summed E-state index contributed by atoms with van der Waals surface area (Å²) in [5, 5.41) is 0. The maximum Gasteiger partial charge on any atom is 0.243 e. The lowest BCUT2D eigenvalue weighted by molar-refractivity contribution is 0.0730. The summed E-state index contributed by atoms with van der Waals surface area (Å²) in [4.78, 5) is 16.2. The predicted octanol–water partition coefficient (Wildman–Crippen LogP) is 1.37. The molecule has 0 spiro atoms. The number of aryl methyl sites for hydroxylation is 1. The fraction of sp³-hybridized carbons (Fsp3) is 0.476. The highest BCUT2D eigenvalue weighted by Gasteiger charge is 2.27. The Kier molecular flexibility index (Phi) is 5.80. The Balaban J connectivity index is 1.48. The first-order chi connectivity index (χ1) is 15.6. The lowest BCUT2D eigenvalue weighted by Crippen LogP contribution is -2.40. The van der Waals surface area contributed by atoms with E-state index in [-0.39, 0.29) is 4.90 Å². The van der Waals surface area contributed by atoms with Crippen LogP contribution in [0.3, 0.4) is 0 Å². The molecule has 0 saturated carbocycles. The molecule has 170 valence electrons. The number of nitrogens with zero attached hydrogens (tertiary/aromatic N) is 6. The minimum absolute atomic E-state index is 0.248. The Bertz CT molecular complexity index is 1200. The highest BCUT2D eigenvalue weighted by molar-refractivity contribution is 7.89. The summed E-state index contributed by atoms with van der Waals surface area (Å²) in [6, 6.07) is 5.13. The Morgan fingerprint density at radius 1 is 0.969 bits per heavy atom. The van der Waals surface area contributed by atoms with Crippen LogP contribution < -0.4 is 4.90 Å². The monoisotopic (exact) mass is 458 g/mol. The van der Waals surface area contributed by atoms with Crippen LogP contribution in [0, 0.1) is 0 Å². The number of aromatic nitrogens is 4. The number of fused-ring (bicyclic) bond motifs is 1. The number of anilines is 1. The maximum atomic E-state index is 13.1. The van der Waals surface area contributed by atoms with Crippen molar-refractivity contribution in [2.75, 3.05) is 57.5 Å². The minimum atomic E-state index is -3.58. The van der Waals surface area contributed by atoms with E-state index in [4.69, 9.17) is 14.5 Å². The van der Waals surface area contributed by atoms with E-state index in [1.807, 2.05) is 17.6 Å². The number of hydrogen-bond donors (Lipinski definition) is 0. The van der Waals surface area contributed by atoms with Crippen molar-refractivity contribution in [2.45, 2.75) is 18.4 Å². The summed E-state index contributed by atoms with van der Waals surface area (Å²) in [5.41, 5.74) is 2.30. The standard InChI is InChI=1S/C21H26N6O4S/c1-2-27-19-4-3-17(32(28,29)26-7-11-31-12-8-26)13-18(19)24-20(27)16-14-22-21(23-15-16)25-5-9-30-10-6-25/h3-4,13-15H,2,5-12H2,1H3. The van der Waals surface area contributed by atoms with Gasteiger partial charge >= 0.3 is 0 Å². The molecule has 11 heteroatoms. The van der Waals surface area contributed by atoms with Gasteiger partial charge in [0.1, 0.15) is 5.82 Å². The molecule has 0 unspecified atom stereocenters. The quantitative estimate of drug-likeness (QED) is 0.565. The molecule has 5 rings (SSSR count). The number of sulfonamides is 1. The topological polar surface area (TPSA) is 103 Å². The minimum Gasteiger partial charge on any atom is -0.379 e. The average Bonchev–Trinajstić information content (AvgIpc) is 3.23. The van der Waals surface area contributed by atoms with Gasteiger partial charge in [0.05, 0.1) is 47.9 Å². The molecular formula is C21H26N6O4S. The fourth-order valence-corrected chi connectivity index (χ4v) is 5.54. The van der Waals surface area contributed by atoms with Gasteiger partial charge < -0.3 is 18.9 Å². The molecule has 32 heavy (non-hydrogen) atoms. The highest BCUT2D eigenvalue weighted by atomic mass is 32.2. The van der Waals surface area contributed by atoms with E-state index >= 15 is 0 Å². The number of benzene rings is 1. The Hall–Kier alpha value is -2.60. The van der Waals surface area contributed by atoms with Crippen molar-refractivity contribution in [3.8, 4) is 11.4 Å². The van der Waals surface area contributed by atoms with Crippen LogP contribution in [0.15, 0.2) is 35.5 Å². The molecule has 2 aromatic heterocycles. The first kappa shape index (κ1) is 21.3. The van der Waals surface area contributed by atoms with Crippen molar-refractivity contribution >= 4 is 27.0 Å². The molecule has 1 aromatic carbocycles. The van der Waals surface area contributed by atoms with Crippen LogP contribution in [-0.2, 0) is 26.0 Å². The van der Waals surface area contributed by atoms with Gasteiger partial charge in [0.15, 0.2) is 0 Å². The summed E-state index contributed by atoms with van der Waals surface area (Å²) in [6.45, 7) is 7.16. The SMILES string of the molecule is CCn1c(-c2cnc(N3CCOCC3)nc2)nc2cc(S(=O)(=O)N3CCOCC3)ccc21. The van der Waals surface area contributed by atoms with Crippen LogP contribution in [-0.4, -0.2) is 84.8 Å². The molecule has 0 amide bonds. The maximum absolute atomic E-state index is 13.1. The van der Waals surface area contributed by atoms with Gasteiger partial charge in [-0.05, 0) is 25.1 Å². The van der Waals surface area contributed by atoms with Crippen molar-refractivity contribution in [3.05, 3.63) is 30.6 Å². The highest BCUT2D eigenvalue weighted by Crippen LogP contribution is 2.28. The molecule has 10 nitrogen and oxygen atoms in total. The summed E-state index contributed by atoms with van der Waals surface area (Å²) < 4.78 is 40.3.